The van der Waals surface area contributed by atoms with E-state index in [2.05, 4.69) is 18.4 Å². The van der Waals surface area contributed by atoms with Crippen LogP contribution in [0.4, 0.5) is 0 Å². The molecule has 0 aliphatic heterocycles. The van der Waals surface area contributed by atoms with Gasteiger partial charge in [-0.15, -0.1) is 0 Å². The summed E-state index contributed by atoms with van der Waals surface area (Å²) in [6, 6.07) is 3.94. The second-order valence-electron chi connectivity index (χ2n) is 5.17. The summed E-state index contributed by atoms with van der Waals surface area (Å²) in [7, 11) is 0. The van der Waals surface area contributed by atoms with E-state index in [1.807, 2.05) is 19.1 Å². The van der Waals surface area contributed by atoms with Gasteiger partial charge in [-0.25, -0.2) is 4.79 Å². The molecule has 0 bridgehead atoms. The number of aromatic carboxylic acids is 1. The second-order valence-corrected chi connectivity index (χ2v) is 5.17. The Bertz CT molecular complexity index is 656. The van der Waals surface area contributed by atoms with Crippen molar-refractivity contribution in [3.8, 4) is 0 Å². The topological polar surface area (TPSA) is 68.2 Å². The average molecular weight is 274 g/mol. The van der Waals surface area contributed by atoms with Gasteiger partial charge in [-0.1, -0.05) is 19.1 Å². The Morgan fingerprint density at radius 3 is 2.60 bits per heavy atom. The van der Waals surface area contributed by atoms with Gasteiger partial charge in [0.25, 0.3) is 0 Å². The summed E-state index contributed by atoms with van der Waals surface area (Å²) in [5.41, 5.74) is 10.1. The molecule has 0 aliphatic rings. The van der Waals surface area contributed by atoms with E-state index in [0.29, 0.717) is 12.1 Å². The van der Waals surface area contributed by atoms with Crippen molar-refractivity contribution < 1.29 is 9.90 Å². The standard InChI is InChI=1S/C16H22N2O2/c1-4-12-11(3)18(9-5-8-17)15-13(12)7-6-10(2)14(15)16(19)20/h6-7H,4-5,8-9,17H2,1-3H3,(H,19,20). The summed E-state index contributed by atoms with van der Waals surface area (Å²) in [6.45, 7) is 7.40. The number of aromatic nitrogens is 1. The summed E-state index contributed by atoms with van der Waals surface area (Å²) >= 11 is 0. The number of hydrogen-bond acceptors (Lipinski definition) is 2. The predicted molar refractivity (Wildman–Crippen MR) is 81.4 cm³/mol. The van der Waals surface area contributed by atoms with E-state index in [1.165, 1.54) is 5.56 Å². The zero-order chi connectivity index (χ0) is 14.9. The van der Waals surface area contributed by atoms with Crippen LogP contribution in [0.1, 0.15) is 40.5 Å². The maximum Gasteiger partial charge on any atom is 0.338 e. The van der Waals surface area contributed by atoms with Crippen LogP contribution in [-0.2, 0) is 13.0 Å². The lowest BCUT2D eigenvalue weighted by molar-refractivity contribution is 0.0698. The Morgan fingerprint density at radius 2 is 2.05 bits per heavy atom. The largest absolute Gasteiger partial charge is 0.478 e. The molecule has 4 nitrogen and oxygen atoms in total. The fourth-order valence-electron chi connectivity index (χ4n) is 2.99. The molecule has 1 aromatic heterocycles. The molecule has 0 saturated heterocycles. The first-order valence-corrected chi connectivity index (χ1v) is 7.07. The maximum atomic E-state index is 11.6. The van der Waals surface area contributed by atoms with Crippen molar-refractivity contribution in [1.82, 2.24) is 4.57 Å². The van der Waals surface area contributed by atoms with Gasteiger partial charge in [0.1, 0.15) is 0 Å². The molecule has 20 heavy (non-hydrogen) atoms. The summed E-state index contributed by atoms with van der Waals surface area (Å²) < 4.78 is 2.12. The number of aryl methyl sites for hydroxylation is 3. The minimum absolute atomic E-state index is 0.419. The van der Waals surface area contributed by atoms with E-state index in [-0.39, 0.29) is 0 Å². The molecular formula is C16H22N2O2. The van der Waals surface area contributed by atoms with Gasteiger partial charge in [0, 0.05) is 17.6 Å². The third-order valence-corrected chi connectivity index (χ3v) is 3.98. The van der Waals surface area contributed by atoms with Crippen LogP contribution < -0.4 is 5.73 Å². The predicted octanol–water partition coefficient (Wildman–Crippen LogP) is 2.87. The highest BCUT2D eigenvalue weighted by Gasteiger charge is 2.20. The number of carboxylic acid groups (broad SMARTS) is 1. The Kier molecular flexibility index (Phi) is 4.14. The van der Waals surface area contributed by atoms with E-state index in [9.17, 15) is 9.90 Å². The number of nitrogens with two attached hydrogens (primary N) is 1. The number of benzene rings is 1. The van der Waals surface area contributed by atoms with Crippen molar-refractivity contribution >= 4 is 16.9 Å². The smallest absolute Gasteiger partial charge is 0.338 e. The molecule has 4 heteroatoms. The van der Waals surface area contributed by atoms with Gasteiger partial charge in [0.15, 0.2) is 0 Å². The van der Waals surface area contributed by atoms with Gasteiger partial charge < -0.3 is 15.4 Å². The Labute approximate surface area is 119 Å². The van der Waals surface area contributed by atoms with Crippen LogP contribution in [0.25, 0.3) is 10.9 Å². The SMILES string of the molecule is CCc1c(C)n(CCCN)c2c(C(=O)O)c(C)ccc12. The van der Waals surface area contributed by atoms with Gasteiger partial charge in [-0.3, -0.25) is 0 Å². The molecule has 1 aromatic carbocycles. The number of hydrogen-bond donors (Lipinski definition) is 2. The molecule has 0 radical (unpaired) electrons. The normalized spacial score (nSPS) is 11.2. The summed E-state index contributed by atoms with van der Waals surface area (Å²) in [6.07, 6.45) is 1.75. The van der Waals surface area contributed by atoms with Gasteiger partial charge in [0.2, 0.25) is 0 Å². The molecule has 108 valence electrons. The lowest BCUT2D eigenvalue weighted by atomic mass is 10.0. The molecule has 0 fully saturated rings. The Balaban J connectivity index is 2.84. The van der Waals surface area contributed by atoms with E-state index >= 15 is 0 Å². The van der Waals surface area contributed by atoms with Crippen LogP contribution in [0, 0.1) is 13.8 Å². The van der Waals surface area contributed by atoms with Crippen LogP contribution >= 0.6 is 0 Å². The minimum atomic E-state index is -0.859. The third-order valence-electron chi connectivity index (χ3n) is 3.98. The van der Waals surface area contributed by atoms with Crippen molar-refractivity contribution in [2.75, 3.05) is 6.54 Å². The zero-order valence-electron chi connectivity index (χ0n) is 12.4. The van der Waals surface area contributed by atoms with Crippen LogP contribution in [0.5, 0.6) is 0 Å². The van der Waals surface area contributed by atoms with Gasteiger partial charge in [-0.05, 0) is 44.4 Å². The molecule has 1 heterocycles. The molecule has 3 N–H and O–H groups in total. The first-order chi connectivity index (χ1) is 9.52. The molecule has 2 aromatic rings. The fraction of sp³-hybridized carbons (Fsp3) is 0.438. The summed E-state index contributed by atoms with van der Waals surface area (Å²) in [4.78, 5) is 11.6. The number of fused-ring (bicyclic) bond motifs is 1. The van der Waals surface area contributed by atoms with Crippen LogP contribution in [0.3, 0.4) is 0 Å². The van der Waals surface area contributed by atoms with Crippen LogP contribution in [-0.4, -0.2) is 22.2 Å². The molecule has 0 unspecified atom stereocenters. The lowest BCUT2D eigenvalue weighted by Gasteiger charge is -2.11. The number of rotatable bonds is 5. The van der Waals surface area contributed by atoms with Crippen molar-refractivity contribution in [3.05, 3.63) is 34.5 Å². The number of nitrogens with zero attached hydrogens (tertiary/aromatic N) is 1. The van der Waals surface area contributed by atoms with Gasteiger partial charge in [-0.2, -0.15) is 0 Å². The first kappa shape index (κ1) is 14.6. The molecule has 0 atom stereocenters. The quantitative estimate of drug-likeness (QED) is 0.881. The highest BCUT2D eigenvalue weighted by molar-refractivity contribution is 6.05. The molecule has 0 saturated carbocycles. The Hall–Kier alpha value is -1.81. The summed E-state index contributed by atoms with van der Waals surface area (Å²) in [5.74, 6) is -0.859. The Morgan fingerprint density at radius 1 is 1.35 bits per heavy atom. The zero-order valence-corrected chi connectivity index (χ0v) is 12.4. The number of carboxylic acids is 1. The maximum absolute atomic E-state index is 11.6. The van der Waals surface area contributed by atoms with Crippen molar-refractivity contribution in [2.24, 2.45) is 5.73 Å². The molecule has 2 rings (SSSR count). The first-order valence-electron chi connectivity index (χ1n) is 7.07. The average Bonchev–Trinajstić information content (AvgIpc) is 2.67. The van der Waals surface area contributed by atoms with Crippen LogP contribution in [0.15, 0.2) is 12.1 Å². The van der Waals surface area contributed by atoms with E-state index in [4.69, 9.17) is 5.73 Å². The molecular weight excluding hydrogens is 252 g/mol. The molecule has 0 aliphatic carbocycles. The van der Waals surface area contributed by atoms with Crippen molar-refractivity contribution in [3.63, 3.8) is 0 Å². The molecule has 0 spiro atoms. The number of carbonyl (C=O) groups is 1. The van der Waals surface area contributed by atoms with Crippen molar-refractivity contribution in [1.29, 1.82) is 0 Å². The summed E-state index contributed by atoms with van der Waals surface area (Å²) in [5, 5.41) is 10.6. The van der Waals surface area contributed by atoms with E-state index in [0.717, 1.165) is 41.5 Å². The van der Waals surface area contributed by atoms with Gasteiger partial charge in [0.05, 0.1) is 11.1 Å². The van der Waals surface area contributed by atoms with E-state index < -0.39 is 5.97 Å². The molecule has 0 amide bonds. The lowest BCUT2D eigenvalue weighted by Crippen LogP contribution is -2.10. The fourth-order valence-corrected chi connectivity index (χ4v) is 2.99. The van der Waals surface area contributed by atoms with Gasteiger partial charge >= 0.3 is 5.97 Å². The highest BCUT2D eigenvalue weighted by atomic mass is 16.4. The van der Waals surface area contributed by atoms with Crippen molar-refractivity contribution in [2.45, 2.75) is 40.2 Å². The highest BCUT2D eigenvalue weighted by Crippen LogP contribution is 2.31. The monoisotopic (exact) mass is 274 g/mol. The minimum Gasteiger partial charge on any atom is -0.478 e. The van der Waals surface area contributed by atoms with Crippen LogP contribution in [0.2, 0.25) is 0 Å². The second kappa shape index (κ2) is 5.67. The third kappa shape index (κ3) is 2.20. The van der Waals surface area contributed by atoms with E-state index in [1.54, 1.807) is 0 Å².